The van der Waals surface area contributed by atoms with E-state index in [0.29, 0.717) is 29.7 Å². The van der Waals surface area contributed by atoms with Crippen LogP contribution in [0, 0.1) is 11.7 Å². The molecule has 0 bridgehead atoms. The Kier molecular flexibility index (Phi) is 8.45. The maximum absolute atomic E-state index is 14.2. The first kappa shape index (κ1) is 25.8. The topological polar surface area (TPSA) is 104 Å². The van der Waals surface area contributed by atoms with E-state index in [1.165, 1.54) is 37.9 Å². The van der Waals surface area contributed by atoms with Gasteiger partial charge in [0.25, 0.3) is 5.91 Å². The van der Waals surface area contributed by atoms with E-state index < -0.39 is 11.7 Å². The van der Waals surface area contributed by atoms with Gasteiger partial charge < -0.3 is 20.7 Å². The monoisotopic (exact) mass is 503 g/mol. The molecule has 2 aromatic carbocycles. The number of methoxy groups -OCH3 is 1. The first-order chi connectivity index (χ1) is 18.0. The summed E-state index contributed by atoms with van der Waals surface area (Å²) in [7, 11) is 1.43. The molecule has 1 fully saturated rings. The van der Waals surface area contributed by atoms with Crippen molar-refractivity contribution < 1.29 is 18.7 Å². The predicted octanol–water partition coefficient (Wildman–Crippen LogP) is 4.56. The number of benzene rings is 2. The summed E-state index contributed by atoms with van der Waals surface area (Å²) in [5, 5.41) is 8.86. The van der Waals surface area contributed by atoms with E-state index >= 15 is 0 Å². The average Bonchev–Trinajstić information content (AvgIpc) is 3.38. The Morgan fingerprint density at radius 1 is 1.16 bits per heavy atom. The van der Waals surface area contributed by atoms with Crippen LogP contribution in [0.25, 0.3) is 0 Å². The number of halogens is 1. The van der Waals surface area contributed by atoms with Crippen LogP contribution in [0.5, 0.6) is 5.75 Å². The highest BCUT2D eigenvalue weighted by molar-refractivity contribution is 6.08. The molecule has 1 aliphatic carbocycles. The van der Waals surface area contributed by atoms with E-state index in [0.717, 1.165) is 36.9 Å². The summed E-state index contributed by atoms with van der Waals surface area (Å²) in [6.45, 7) is 4.05. The number of nitrogens with zero attached hydrogens (tertiary/aromatic N) is 2. The Labute approximate surface area is 215 Å². The van der Waals surface area contributed by atoms with Crippen LogP contribution in [0.3, 0.4) is 0 Å². The highest BCUT2D eigenvalue weighted by Crippen LogP contribution is 2.24. The zero-order valence-electron chi connectivity index (χ0n) is 20.7. The summed E-state index contributed by atoms with van der Waals surface area (Å²) in [5.41, 5.74) is 2.04. The van der Waals surface area contributed by atoms with Gasteiger partial charge in [0, 0.05) is 41.2 Å². The molecule has 2 aliphatic rings. The van der Waals surface area contributed by atoms with Gasteiger partial charge in [0.1, 0.15) is 23.2 Å². The Balaban J connectivity index is 1.36. The van der Waals surface area contributed by atoms with Crippen LogP contribution in [0.1, 0.15) is 48.0 Å². The van der Waals surface area contributed by atoms with Gasteiger partial charge in [0.15, 0.2) is 0 Å². The van der Waals surface area contributed by atoms with Crippen molar-refractivity contribution in [3.8, 4) is 5.75 Å². The number of amidine groups is 2. The molecular formula is C28H30FN5O3. The smallest absolute Gasteiger partial charge is 0.258 e. The van der Waals surface area contributed by atoms with E-state index in [4.69, 9.17) is 4.74 Å². The number of carbonyl (C=O) groups is 2. The zero-order chi connectivity index (χ0) is 26.2. The van der Waals surface area contributed by atoms with Gasteiger partial charge >= 0.3 is 0 Å². The molecule has 192 valence electrons. The number of hydrogen-bond acceptors (Lipinski definition) is 6. The number of rotatable bonds is 7. The van der Waals surface area contributed by atoms with Crippen molar-refractivity contribution >= 4 is 29.2 Å². The summed E-state index contributed by atoms with van der Waals surface area (Å²) in [5.74, 6) is 0.209. The molecule has 3 N–H and O–H groups in total. The number of aliphatic imine (C=N–C) groups is 2. The lowest BCUT2D eigenvalue weighted by atomic mass is 9.88. The normalized spacial score (nSPS) is 17.1. The predicted molar refractivity (Wildman–Crippen MR) is 142 cm³/mol. The van der Waals surface area contributed by atoms with Crippen molar-refractivity contribution in [2.24, 2.45) is 15.9 Å². The van der Waals surface area contributed by atoms with E-state index in [2.05, 4.69) is 32.5 Å². The first-order valence-electron chi connectivity index (χ1n) is 12.2. The Bertz CT molecular complexity index is 1260. The average molecular weight is 504 g/mol. The molecule has 1 aliphatic heterocycles. The highest BCUT2D eigenvalue weighted by atomic mass is 19.1. The van der Waals surface area contributed by atoms with Crippen LogP contribution >= 0.6 is 0 Å². The highest BCUT2D eigenvalue weighted by Gasteiger charge is 2.22. The third-order valence-electron chi connectivity index (χ3n) is 6.29. The van der Waals surface area contributed by atoms with Gasteiger partial charge in [0.2, 0.25) is 5.91 Å². The van der Waals surface area contributed by atoms with Crippen molar-refractivity contribution in [1.29, 1.82) is 0 Å². The number of ether oxygens (including phenoxy) is 1. The van der Waals surface area contributed by atoms with Gasteiger partial charge in [-0.15, -0.1) is 0 Å². The molecule has 2 aromatic rings. The SMILES string of the molecule is C=CN=C(/C=C1\CN=C(c2ccc(NC(=O)c3ccc(OC)cc3F)cc2)N1)NC(=O)C1CCCCC1. The van der Waals surface area contributed by atoms with Crippen molar-refractivity contribution in [1.82, 2.24) is 10.6 Å². The molecule has 1 heterocycles. The van der Waals surface area contributed by atoms with Crippen molar-refractivity contribution in [2.45, 2.75) is 32.1 Å². The molecule has 0 radical (unpaired) electrons. The lowest BCUT2D eigenvalue weighted by Gasteiger charge is -2.20. The van der Waals surface area contributed by atoms with E-state index in [1.54, 1.807) is 30.3 Å². The molecule has 9 heteroatoms. The molecule has 0 aromatic heterocycles. The second-order valence-electron chi connectivity index (χ2n) is 8.86. The molecule has 1 saturated carbocycles. The van der Waals surface area contributed by atoms with Crippen LogP contribution < -0.4 is 20.7 Å². The Morgan fingerprint density at radius 2 is 1.92 bits per heavy atom. The molecule has 37 heavy (non-hydrogen) atoms. The van der Waals surface area contributed by atoms with Crippen molar-refractivity contribution in [2.75, 3.05) is 19.0 Å². The Morgan fingerprint density at radius 3 is 2.59 bits per heavy atom. The van der Waals surface area contributed by atoms with Gasteiger partial charge in [-0.3, -0.25) is 14.6 Å². The first-order valence-corrected chi connectivity index (χ1v) is 12.2. The minimum Gasteiger partial charge on any atom is -0.497 e. The van der Waals surface area contributed by atoms with Gasteiger partial charge in [-0.2, -0.15) is 0 Å². The summed E-state index contributed by atoms with van der Waals surface area (Å²) in [6.07, 6.45) is 8.30. The number of carbonyl (C=O) groups excluding carboxylic acids is 2. The van der Waals surface area contributed by atoms with Gasteiger partial charge in [-0.25, -0.2) is 9.38 Å². The number of amides is 2. The summed E-state index contributed by atoms with van der Waals surface area (Å²) in [4.78, 5) is 33.8. The van der Waals surface area contributed by atoms with Crippen LogP contribution in [0.2, 0.25) is 0 Å². The standard InChI is InChI=1S/C28H30FN5O3/c1-3-30-25(34-27(35)19-7-5-4-6-8-19)15-21-17-31-26(32-21)18-9-11-20(12-10-18)33-28(36)23-14-13-22(37-2)16-24(23)29/h3,9-16,19H,1,4-8,17H2,2H3,(H,31,32)(H,33,36)(H,30,34,35)/b21-15+. The summed E-state index contributed by atoms with van der Waals surface area (Å²) >= 11 is 0. The van der Waals surface area contributed by atoms with Gasteiger partial charge in [0.05, 0.1) is 19.2 Å². The van der Waals surface area contributed by atoms with Gasteiger partial charge in [-0.1, -0.05) is 25.8 Å². The molecule has 8 nitrogen and oxygen atoms in total. The number of hydrogen-bond donors (Lipinski definition) is 3. The lowest BCUT2D eigenvalue weighted by Crippen LogP contribution is -2.36. The van der Waals surface area contributed by atoms with E-state index in [-0.39, 0.29) is 17.4 Å². The molecule has 4 rings (SSSR count). The molecule has 0 atom stereocenters. The minimum absolute atomic E-state index is 0.0107. The third-order valence-corrected chi connectivity index (χ3v) is 6.29. The van der Waals surface area contributed by atoms with Gasteiger partial charge in [-0.05, 0) is 49.2 Å². The second-order valence-corrected chi connectivity index (χ2v) is 8.86. The quantitative estimate of drug-likeness (QED) is 0.381. The van der Waals surface area contributed by atoms with E-state index in [9.17, 15) is 14.0 Å². The third kappa shape index (κ3) is 6.69. The maximum Gasteiger partial charge on any atom is 0.258 e. The maximum atomic E-state index is 14.2. The largest absolute Gasteiger partial charge is 0.497 e. The molecule has 2 amide bonds. The fraction of sp³-hybridized carbons (Fsp3) is 0.286. The lowest BCUT2D eigenvalue weighted by molar-refractivity contribution is -0.124. The van der Waals surface area contributed by atoms with Crippen molar-refractivity contribution in [3.05, 3.63) is 84.0 Å². The van der Waals surface area contributed by atoms with Crippen LogP contribution in [-0.4, -0.2) is 37.1 Å². The van der Waals surface area contributed by atoms with Crippen LogP contribution in [0.15, 0.2) is 77.0 Å². The summed E-state index contributed by atoms with van der Waals surface area (Å²) < 4.78 is 19.2. The molecule has 0 unspecified atom stereocenters. The van der Waals surface area contributed by atoms with Crippen LogP contribution in [0.4, 0.5) is 10.1 Å². The molecule has 0 spiro atoms. The number of nitrogens with one attached hydrogen (secondary N) is 3. The molecule has 0 saturated heterocycles. The molecular weight excluding hydrogens is 473 g/mol. The van der Waals surface area contributed by atoms with Crippen LogP contribution in [-0.2, 0) is 4.79 Å². The summed E-state index contributed by atoms with van der Waals surface area (Å²) in [6, 6.07) is 11.1. The van der Waals surface area contributed by atoms with E-state index in [1.807, 2.05) is 0 Å². The minimum atomic E-state index is -0.661. The fourth-order valence-electron chi connectivity index (χ4n) is 4.32. The zero-order valence-corrected chi connectivity index (χ0v) is 20.7. The second kappa shape index (κ2) is 12.1. The van der Waals surface area contributed by atoms with Crippen molar-refractivity contribution in [3.63, 3.8) is 0 Å². The fourth-order valence-corrected chi connectivity index (χ4v) is 4.32. The Hall–Kier alpha value is -4.27. The number of anilines is 1.